The van der Waals surface area contributed by atoms with E-state index in [-0.39, 0.29) is 18.1 Å². The average molecular weight is 252 g/mol. The summed E-state index contributed by atoms with van der Waals surface area (Å²) < 4.78 is 5.55. The van der Waals surface area contributed by atoms with Gasteiger partial charge in [-0.05, 0) is 43.5 Å². The molecular weight excluding hydrogens is 232 g/mol. The zero-order valence-corrected chi connectivity index (χ0v) is 11.2. The van der Waals surface area contributed by atoms with Gasteiger partial charge in [-0.25, -0.2) is 4.79 Å². The van der Waals surface area contributed by atoms with E-state index in [0.717, 1.165) is 5.56 Å². The topological polar surface area (TPSA) is 66.8 Å². The summed E-state index contributed by atoms with van der Waals surface area (Å²) in [6, 6.07) is 4.67. The highest BCUT2D eigenvalue weighted by molar-refractivity contribution is 5.88. The van der Waals surface area contributed by atoms with Gasteiger partial charge < -0.3 is 14.9 Å². The minimum Gasteiger partial charge on any atom is -0.490 e. The Morgan fingerprint density at radius 1 is 1.44 bits per heavy atom. The van der Waals surface area contributed by atoms with Crippen LogP contribution in [0.5, 0.6) is 5.75 Å². The van der Waals surface area contributed by atoms with Crippen molar-refractivity contribution in [1.29, 1.82) is 0 Å². The van der Waals surface area contributed by atoms with E-state index < -0.39 is 11.6 Å². The maximum Gasteiger partial charge on any atom is 0.335 e. The normalized spacial score (nSPS) is 14.3. The molecule has 0 bridgehead atoms. The molecule has 0 saturated heterocycles. The minimum atomic E-state index is -0.959. The molecule has 18 heavy (non-hydrogen) atoms. The van der Waals surface area contributed by atoms with Crippen molar-refractivity contribution in [2.24, 2.45) is 5.92 Å². The van der Waals surface area contributed by atoms with Gasteiger partial charge in [0, 0.05) is 0 Å². The van der Waals surface area contributed by atoms with Gasteiger partial charge in [-0.2, -0.15) is 0 Å². The van der Waals surface area contributed by atoms with Gasteiger partial charge in [0.2, 0.25) is 0 Å². The van der Waals surface area contributed by atoms with E-state index in [1.54, 1.807) is 26.0 Å². The number of hydrogen-bond donors (Lipinski definition) is 2. The first-order valence-electron chi connectivity index (χ1n) is 5.93. The van der Waals surface area contributed by atoms with Crippen molar-refractivity contribution in [3.8, 4) is 5.75 Å². The Bertz CT molecular complexity index is 435. The third-order valence-electron chi connectivity index (χ3n) is 3.19. The number of rotatable bonds is 5. The maximum absolute atomic E-state index is 10.8. The van der Waals surface area contributed by atoms with Crippen molar-refractivity contribution < 1.29 is 19.7 Å². The number of benzene rings is 1. The summed E-state index contributed by atoms with van der Waals surface area (Å²) in [4.78, 5) is 10.8. The fraction of sp³-hybridized carbons (Fsp3) is 0.500. The lowest BCUT2D eigenvalue weighted by atomic mass is 9.94. The molecule has 0 radical (unpaired) electrons. The second kappa shape index (κ2) is 5.40. The van der Waals surface area contributed by atoms with Gasteiger partial charge in [0.15, 0.2) is 0 Å². The van der Waals surface area contributed by atoms with Gasteiger partial charge in [-0.15, -0.1) is 0 Å². The Morgan fingerprint density at radius 3 is 2.50 bits per heavy atom. The summed E-state index contributed by atoms with van der Waals surface area (Å²) in [5.41, 5.74) is 0.0719. The monoisotopic (exact) mass is 252 g/mol. The maximum atomic E-state index is 10.8. The second-order valence-electron chi connectivity index (χ2n) is 5.09. The summed E-state index contributed by atoms with van der Waals surface area (Å²) in [7, 11) is 0. The van der Waals surface area contributed by atoms with Gasteiger partial charge in [-0.1, -0.05) is 13.8 Å². The second-order valence-corrected chi connectivity index (χ2v) is 5.09. The summed E-state index contributed by atoms with van der Waals surface area (Å²) in [5.74, 6) is -0.282. The molecule has 1 unspecified atom stereocenters. The third-order valence-corrected chi connectivity index (χ3v) is 3.19. The zero-order valence-electron chi connectivity index (χ0n) is 11.2. The number of carboxylic acids is 1. The van der Waals surface area contributed by atoms with E-state index in [1.165, 1.54) is 6.07 Å². The Balaban J connectivity index is 2.78. The van der Waals surface area contributed by atoms with Crippen LogP contribution in [-0.4, -0.2) is 28.4 Å². The summed E-state index contributed by atoms with van der Waals surface area (Å²) in [6.45, 7) is 7.52. The predicted octanol–water partition coefficient (Wildman–Crippen LogP) is 2.48. The zero-order chi connectivity index (χ0) is 13.9. The standard InChI is InChI=1S/C14H20O4/c1-9(2)14(4,17)8-18-12-6-5-11(13(15)16)7-10(12)3/h5-7,9,17H,8H2,1-4H3,(H,15,16). The van der Waals surface area contributed by atoms with Crippen LogP contribution in [0.1, 0.15) is 36.7 Å². The Kier molecular flexibility index (Phi) is 4.35. The molecule has 1 aromatic rings. The highest BCUT2D eigenvalue weighted by Crippen LogP contribution is 2.22. The van der Waals surface area contributed by atoms with Crippen molar-refractivity contribution >= 4 is 5.97 Å². The van der Waals surface area contributed by atoms with Gasteiger partial charge in [-0.3, -0.25) is 0 Å². The van der Waals surface area contributed by atoms with Crippen LogP contribution < -0.4 is 4.74 Å². The van der Waals surface area contributed by atoms with Gasteiger partial charge in [0.05, 0.1) is 11.2 Å². The average Bonchev–Trinajstić information content (AvgIpc) is 2.26. The van der Waals surface area contributed by atoms with Gasteiger partial charge in [0.1, 0.15) is 12.4 Å². The fourth-order valence-corrected chi connectivity index (χ4v) is 1.33. The Morgan fingerprint density at radius 2 is 2.06 bits per heavy atom. The first kappa shape index (κ1) is 14.5. The van der Waals surface area contributed by atoms with Crippen LogP contribution in [0.4, 0.5) is 0 Å². The van der Waals surface area contributed by atoms with Crippen LogP contribution in [0, 0.1) is 12.8 Å². The molecule has 0 heterocycles. The molecule has 4 heteroatoms. The van der Waals surface area contributed by atoms with Gasteiger partial charge in [0.25, 0.3) is 0 Å². The molecule has 0 spiro atoms. The molecule has 0 fully saturated rings. The van der Waals surface area contributed by atoms with Crippen molar-refractivity contribution in [1.82, 2.24) is 0 Å². The molecule has 0 aromatic heterocycles. The Hall–Kier alpha value is -1.55. The number of carboxylic acid groups (broad SMARTS) is 1. The first-order valence-corrected chi connectivity index (χ1v) is 5.93. The molecule has 1 rings (SSSR count). The lowest BCUT2D eigenvalue weighted by Crippen LogP contribution is -2.37. The van der Waals surface area contributed by atoms with Crippen LogP contribution in [0.25, 0.3) is 0 Å². The molecule has 1 atom stereocenters. The third kappa shape index (κ3) is 3.47. The van der Waals surface area contributed by atoms with Crippen molar-refractivity contribution in [2.75, 3.05) is 6.61 Å². The molecule has 4 nitrogen and oxygen atoms in total. The van der Waals surface area contributed by atoms with Crippen LogP contribution >= 0.6 is 0 Å². The van der Waals surface area contributed by atoms with Crippen LogP contribution in [0.2, 0.25) is 0 Å². The van der Waals surface area contributed by atoms with Crippen LogP contribution in [-0.2, 0) is 0 Å². The number of aromatic carboxylic acids is 1. The number of aliphatic hydroxyl groups is 1. The summed E-state index contributed by atoms with van der Waals surface area (Å²) in [5, 5.41) is 18.9. The van der Waals surface area contributed by atoms with E-state index in [9.17, 15) is 9.90 Å². The van der Waals surface area contributed by atoms with E-state index >= 15 is 0 Å². The SMILES string of the molecule is Cc1cc(C(=O)O)ccc1OCC(C)(O)C(C)C. The van der Waals surface area contributed by atoms with Crippen molar-refractivity contribution in [3.63, 3.8) is 0 Å². The lowest BCUT2D eigenvalue weighted by molar-refractivity contribution is -0.0268. The number of hydrogen-bond acceptors (Lipinski definition) is 3. The molecule has 0 aliphatic rings. The first-order chi connectivity index (χ1) is 8.24. The van der Waals surface area contributed by atoms with Gasteiger partial charge >= 0.3 is 5.97 Å². The summed E-state index contributed by atoms with van der Waals surface area (Å²) in [6.07, 6.45) is 0. The Labute approximate surface area is 107 Å². The molecule has 0 amide bonds. The highest BCUT2D eigenvalue weighted by atomic mass is 16.5. The van der Waals surface area contributed by atoms with Crippen LogP contribution in [0.3, 0.4) is 0 Å². The summed E-state index contributed by atoms with van der Waals surface area (Å²) >= 11 is 0. The minimum absolute atomic E-state index is 0.0797. The van der Waals surface area contributed by atoms with Crippen LogP contribution in [0.15, 0.2) is 18.2 Å². The number of ether oxygens (including phenoxy) is 1. The number of carbonyl (C=O) groups is 1. The quantitative estimate of drug-likeness (QED) is 0.844. The molecule has 1 aromatic carbocycles. The lowest BCUT2D eigenvalue weighted by Gasteiger charge is -2.27. The molecule has 0 aliphatic carbocycles. The van der Waals surface area contributed by atoms with E-state index in [1.807, 2.05) is 13.8 Å². The van der Waals surface area contributed by atoms with E-state index in [2.05, 4.69) is 0 Å². The highest BCUT2D eigenvalue weighted by Gasteiger charge is 2.26. The number of aryl methyl sites for hydroxylation is 1. The largest absolute Gasteiger partial charge is 0.490 e. The molecule has 100 valence electrons. The fourth-order valence-electron chi connectivity index (χ4n) is 1.33. The van der Waals surface area contributed by atoms with Crippen molar-refractivity contribution in [3.05, 3.63) is 29.3 Å². The predicted molar refractivity (Wildman–Crippen MR) is 69.1 cm³/mol. The molecule has 0 aliphatic heterocycles. The molecular formula is C14H20O4. The van der Waals surface area contributed by atoms with E-state index in [4.69, 9.17) is 9.84 Å². The van der Waals surface area contributed by atoms with E-state index in [0.29, 0.717) is 5.75 Å². The smallest absolute Gasteiger partial charge is 0.335 e. The molecule has 2 N–H and O–H groups in total. The molecule has 0 saturated carbocycles. The van der Waals surface area contributed by atoms with Crippen molar-refractivity contribution in [2.45, 2.75) is 33.3 Å².